The van der Waals surface area contributed by atoms with Gasteiger partial charge in [0, 0.05) is 12.1 Å². The van der Waals surface area contributed by atoms with Gasteiger partial charge in [0.15, 0.2) is 0 Å². The van der Waals surface area contributed by atoms with Gasteiger partial charge in [0.1, 0.15) is 11.5 Å². The predicted molar refractivity (Wildman–Crippen MR) is 51.8 cm³/mol. The van der Waals surface area contributed by atoms with Crippen LogP contribution in [-0.2, 0) is 0 Å². The van der Waals surface area contributed by atoms with Gasteiger partial charge in [0.2, 0.25) is 0 Å². The number of hydrogen-bond donors (Lipinski definition) is 3. The lowest BCUT2D eigenvalue weighted by atomic mass is 10.3. The van der Waals surface area contributed by atoms with Crippen LogP contribution >= 0.6 is 0 Å². The number of anilines is 1. The Balaban J connectivity index is 2.78. The molecule has 1 amide bonds. The van der Waals surface area contributed by atoms with Gasteiger partial charge in [-0.15, -0.1) is 0 Å². The topological polar surface area (TPSA) is 88.2 Å². The number of carbonyl (C=O) groups is 1. The average molecular weight is 194 g/mol. The second-order valence-corrected chi connectivity index (χ2v) is 2.92. The van der Waals surface area contributed by atoms with Gasteiger partial charge < -0.3 is 16.2 Å². The zero-order chi connectivity index (χ0) is 10.6. The van der Waals surface area contributed by atoms with Crippen molar-refractivity contribution in [2.45, 2.75) is 13.0 Å². The summed E-state index contributed by atoms with van der Waals surface area (Å²) >= 11 is 0. The van der Waals surface area contributed by atoms with Crippen LogP contribution in [0, 0.1) is 6.07 Å². The van der Waals surface area contributed by atoms with E-state index < -0.39 is 5.91 Å². The van der Waals surface area contributed by atoms with Crippen LogP contribution < -0.4 is 11.1 Å². The highest BCUT2D eigenvalue weighted by Gasteiger charge is 2.05. The van der Waals surface area contributed by atoms with E-state index in [0.29, 0.717) is 5.82 Å². The number of pyridine rings is 1. The summed E-state index contributed by atoms with van der Waals surface area (Å²) in [6.07, 6.45) is 0. The lowest BCUT2D eigenvalue weighted by Crippen LogP contribution is -2.21. The number of carbonyl (C=O) groups excluding carboxylic acids is 1. The summed E-state index contributed by atoms with van der Waals surface area (Å²) in [6, 6.07) is 5.70. The van der Waals surface area contributed by atoms with Crippen molar-refractivity contribution in [3.63, 3.8) is 0 Å². The van der Waals surface area contributed by atoms with Crippen molar-refractivity contribution in [3.8, 4) is 0 Å². The van der Waals surface area contributed by atoms with Crippen molar-refractivity contribution in [1.29, 1.82) is 0 Å². The van der Waals surface area contributed by atoms with E-state index in [9.17, 15) is 4.79 Å². The molecule has 4 N–H and O–H groups in total. The fourth-order valence-corrected chi connectivity index (χ4v) is 0.894. The highest BCUT2D eigenvalue weighted by molar-refractivity contribution is 5.90. The van der Waals surface area contributed by atoms with E-state index in [1.54, 1.807) is 19.1 Å². The number of primary amides is 1. The third-order valence-corrected chi connectivity index (χ3v) is 1.60. The molecular formula is C9H12N3O2. The Morgan fingerprint density at radius 3 is 3.14 bits per heavy atom. The number of amides is 1. The first-order valence-corrected chi connectivity index (χ1v) is 4.19. The third kappa shape index (κ3) is 2.70. The first kappa shape index (κ1) is 10.5. The van der Waals surface area contributed by atoms with Crippen LogP contribution in [0.1, 0.15) is 17.4 Å². The number of aliphatic hydroxyl groups excluding tert-OH is 1. The highest BCUT2D eigenvalue weighted by Crippen LogP contribution is 2.05. The molecule has 1 rings (SSSR count). The Morgan fingerprint density at radius 2 is 2.57 bits per heavy atom. The van der Waals surface area contributed by atoms with Crippen molar-refractivity contribution >= 4 is 11.7 Å². The number of nitrogens with zero attached hydrogens (tertiary/aromatic N) is 1. The molecule has 0 fully saturated rings. The van der Waals surface area contributed by atoms with Crippen LogP contribution in [0.5, 0.6) is 0 Å². The normalized spacial score (nSPS) is 12.1. The lowest BCUT2D eigenvalue weighted by Gasteiger charge is -2.11. The van der Waals surface area contributed by atoms with Gasteiger partial charge in [-0.2, -0.15) is 0 Å². The maximum absolute atomic E-state index is 10.8. The van der Waals surface area contributed by atoms with Crippen molar-refractivity contribution in [2.24, 2.45) is 5.73 Å². The van der Waals surface area contributed by atoms with E-state index in [0.717, 1.165) is 0 Å². The molecule has 14 heavy (non-hydrogen) atoms. The van der Waals surface area contributed by atoms with Crippen molar-refractivity contribution in [2.75, 3.05) is 11.9 Å². The van der Waals surface area contributed by atoms with E-state index in [1.165, 1.54) is 0 Å². The first-order valence-electron chi connectivity index (χ1n) is 4.19. The summed E-state index contributed by atoms with van der Waals surface area (Å²) in [5, 5.41) is 11.7. The second-order valence-electron chi connectivity index (χ2n) is 2.92. The van der Waals surface area contributed by atoms with Gasteiger partial charge >= 0.3 is 0 Å². The third-order valence-electron chi connectivity index (χ3n) is 1.60. The molecular weight excluding hydrogens is 182 g/mol. The second kappa shape index (κ2) is 4.57. The van der Waals surface area contributed by atoms with Gasteiger partial charge in [-0.05, 0) is 19.1 Å². The molecule has 0 aliphatic heterocycles. The zero-order valence-corrected chi connectivity index (χ0v) is 7.82. The summed E-state index contributed by atoms with van der Waals surface area (Å²) in [6.45, 7) is 1.79. The largest absolute Gasteiger partial charge is 0.394 e. The fourth-order valence-electron chi connectivity index (χ4n) is 0.894. The molecule has 5 heteroatoms. The minimum absolute atomic E-state index is 0.00774. The molecule has 0 aliphatic rings. The van der Waals surface area contributed by atoms with Gasteiger partial charge in [-0.3, -0.25) is 4.79 Å². The molecule has 0 spiro atoms. The number of aromatic nitrogens is 1. The minimum Gasteiger partial charge on any atom is -0.394 e. The van der Waals surface area contributed by atoms with E-state index >= 15 is 0 Å². The van der Waals surface area contributed by atoms with E-state index in [1.807, 2.05) is 0 Å². The molecule has 1 aromatic heterocycles. The Kier molecular flexibility index (Phi) is 3.41. The Labute approximate surface area is 82.0 Å². The molecule has 0 saturated heterocycles. The quantitative estimate of drug-likeness (QED) is 0.618. The number of hydrogen-bond acceptors (Lipinski definition) is 4. The zero-order valence-electron chi connectivity index (χ0n) is 7.82. The van der Waals surface area contributed by atoms with Crippen LogP contribution in [0.2, 0.25) is 0 Å². The maximum atomic E-state index is 10.8. The molecule has 0 unspecified atom stereocenters. The van der Waals surface area contributed by atoms with Gasteiger partial charge in [0.25, 0.3) is 5.91 Å². The number of nitrogens with two attached hydrogens (primary N) is 1. The first-order chi connectivity index (χ1) is 6.63. The van der Waals surface area contributed by atoms with E-state index in [2.05, 4.69) is 16.4 Å². The van der Waals surface area contributed by atoms with Gasteiger partial charge in [-0.25, -0.2) is 4.98 Å². The summed E-state index contributed by atoms with van der Waals surface area (Å²) in [7, 11) is 0. The molecule has 75 valence electrons. The van der Waals surface area contributed by atoms with Crippen LogP contribution in [0.15, 0.2) is 12.1 Å². The molecule has 0 aromatic carbocycles. The Morgan fingerprint density at radius 1 is 1.86 bits per heavy atom. The van der Waals surface area contributed by atoms with Crippen LogP contribution in [0.25, 0.3) is 0 Å². The van der Waals surface area contributed by atoms with Crippen molar-refractivity contribution < 1.29 is 9.90 Å². The highest BCUT2D eigenvalue weighted by atomic mass is 16.3. The SMILES string of the molecule is C[C@@H](CO)Nc1cc[c]c(C(N)=O)n1. The van der Waals surface area contributed by atoms with Crippen molar-refractivity contribution in [1.82, 2.24) is 4.98 Å². The average Bonchev–Trinajstić information content (AvgIpc) is 2.18. The number of aliphatic hydroxyl groups is 1. The molecule has 1 heterocycles. The predicted octanol–water partition coefficient (Wildman–Crippen LogP) is -0.227. The molecule has 1 aromatic rings. The summed E-state index contributed by atoms with van der Waals surface area (Å²) in [4.78, 5) is 14.7. The Hall–Kier alpha value is -1.62. The van der Waals surface area contributed by atoms with Crippen molar-refractivity contribution in [3.05, 3.63) is 23.9 Å². The fraction of sp³-hybridized carbons (Fsp3) is 0.333. The standard InChI is InChI=1S/C9H12N3O2/c1-6(5-13)11-8-4-2-3-7(12-8)9(10)14/h2,4,6,13H,5H2,1H3,(H2,10,14)(H,11,12)/t6-/m0/s1. The molecule has 0 aliphatic carbocycles. The maximum Gasteiger partial charge on any atom is 0.268 e. The molecule has 0 bridgehead atoms. The van der Waals surface area contributed by atoms with Gasteiger partial charge in [0.05, 0.1) is 6.61 Å². The van der Waals surface area contributed by atoms with Gasteiger partial charge in [-0.1, -0.05) is 0 Å². The molecule has 5 nitrogen and oxygen atoms in total. The monoisotopic (exact) mass is 194 g/mol. The molecule has 0 saturated carbocycles. The summed E-state index contributed by atoms with van der Waals surface area (Å²) in [5.74, 6) is -0.121. The summed E-state index contributed by atoms with van der Waals surface area (Å²) in [5.41, 5.74) is 5.12. The van der Waals surface area contributed by atoms with Crippen LogP contribution in [0.4, 0.5) is 5.82 Å². The van der Waals surface area contributed by atoms with Crippen LogP contribution in [0.3, 0.4) is 0 Å². The summed E-state index contributed by atoms with van der Waals surface area (Å²) < 4.78 is 0. The van der Waals surface area contributed by atoms with Crippen LogP contribution in [-0.4, -0.2) is 28.6 Å². The van der Waals surface area contributed by atoms with E-state index in [-0.39, 0.29) is 18.3 Å². The Bertz CT molecular complexity index is 328. The lowest BCUT2D eigenvalue weighted by molar-refractivity contribution is 0.0995. The molecule has 1 atom stereocenters. The molecule has 1 radical (unpaired) electrons. The smallest absolute Gasteiger partial charge is 0.268 e. The number of nitrogens with one attached hydrogen (secondary N) is 1. The van der Waals surface area contributed by atoms with E-state index in [4.69, 9.17) is 10.8 Å². The minimum atomic E-state index is -0.620. The number of rotatable bonds is 4.